The zero-order chi connectivity index (χ0) is 11.7. The lowest BCUT2D eigenvalue weighted by Gasteiger charge is -2.37. The number of nitrogens with zero attached hydrogens (tertiary/aromatic N) is 2. The summed E-state index contributed by atoms with van der Waals surface area (Å²) in [7, 11) is 0. The summed E-state index contributed by atoms with van der Waals surface area (Å²) in [5.41, 5.74) is 8.79. The molecule has 0 unspecified atom stereocenters. The highest BCUT2D eigenvalue weighted by molar-refractivity contribution is 5.33. The third-order valence-electron chi connectivity index (χ3n) is 4.55. The average molecular weight is 231 g/mol. The highest BCUT2D eigenvalue weighted by Crippen LogP contribution is 2.45. The summed E-state index contributed by atoms with van der Waals surface area (Å²) in [4.78, 5) is 8.80. The van der Waals surface area contributed by atoms with Crippen LogP contribution in [0.5, 0.6) is 0 Å². The van der Waals surface area contributed by atoms with Gasteiger partial charge < -0.3 is 5.73 Å². The minimum absolute atomic E-state index is 0.334. The number of anilines is 1. The van der Waals surface area contributed by atoms with Crippen LogP contribution in [0.1, 0.15) is 62.6 Å². The first kappa shape index (κ1) is 11.0. The first-order chi connectivity index (χ1) is 8.30. The van der Waals surface area contributed by atoms with Gasteiger partial charge in [-0.3, -0.25) is 0 Å². The Bertz CT molecular complexity index is 408. The maximum atomic E-state index is 5.80. The Morgan fingerprint density at radius 1 is 1.00 bits per heavy atom. The number of aromatic nitrogens is 2. The van der Waals surface area contributed by atoms with Gasteiger partial charge in [-0.2, -0.15) is 0 Å². The Balaban J connectivity index is 2.07. The molecule has 1 aromatic heterocycles. The van der Waals surface area contributed by atoms with Gasteiger partial charge in [0.05, 0.1) is 5.69 Å². The van der Waals surface area contributed by atoms with E-state index in [1.807, 2.05) is 6.20 Å². The van der Waals surface area contributed by atoms with Crippen molar-refractivity contribution < 1.29 is 0 Å². The quantitative estimate of drug-likeness (QED) is 0.746. The van der Waals surface area contributed by atoms with E-state index in [1.165, 1.54) is 62.6 Å². The van der Waals surface area contributed by atoms with E-state index in [9.17, 15) is 0 Å². The molecule has 0 aromatic carbocycles. The second kappa shape index (κ2) is 4.28. The van der Waals surface area contributed by atoms with Gasteiger partial charge in [-0.15, -0.1) is 0 Å². The van der Waals surface area contributed by atoms with E-state index >= 15 is 0 Å². The Labute approximate surface area is 103 Å². The standard InChI is InChI=1S/C14H21N3/c15-13-16-10-11-6-2-5-9-14(12(11)17-13)7-3-1-4-8-14/h10H,1-9H2,(H2,15,16,17). The number of nitrogens with two attached hydrogens (primary N) is 1. The number of fused-ring (bicyclic) bond motifs is 2. The van der Waals surface area contributed by atoms with Crippen molar-refractivity contribution in [2.75, 3.05) is 5.73 Å². The number of hydrogen-bond acceptors (Lipinski definition) is 3. The summed E-state index contributed by atoms with van der Waals surface area (Å²) >= 11 is 0. The van der Waals surface area contributed by atoms with E-state index in [4.69, 9.17) is 5.73 Å². The molecular weight excluding hydrogens is 210 g/mol. The van der Waals surface area contributed by atoms with Crippen molar-refractivity contribution >= 4 is 5.95 Å². The van der Waals surface area contributed by atoms with Gasteiger partial charge in [0.15, 0.2) is 0 Å². The van der Waals surface area contributed by atoms with Crippen LogP contribution < -0.4 is 5.73 Å². The summed E-state index contributed by atoms with van der Waals surface area (Å²) in [6.07, 6.45) is 13.7. The fourth-order valence-corrected chi connectivity index (χ4v) is 3.68. The Kier molecular flexibility index (Phi) is 2.77. The molecule has 2 aliphatic rings. The molecular formula is C14H21N3. The molecule has 0 bridgehead atoms. The number of nitrogen functional groups attached to an aromatic ring is 1. The maximum Gasteiger partial charge on any atom is 0.220 e. The molecule has 0 radical (unpaired) electrons. The summed E-state index contributed by atoms with van der Waals surface area (Å²) in [5, 5.41) is 0. The van der Waals surface area contributed by atoms with Crippen LogP contribution in [0.25, 0.3) is 0 Å². The zero-order valence-electron chi connectivity index (χ0n) is 10.4. The van der Waals surface area contributed by atoms with E-state index in [-0.39, 0.29) is 0 Å². The van der Waals surface area contributed by atoms with Crippen molar-refractivity contribution in [3.8, 4) is 0 Å². The molecule has 1 heterocycles. The molecule has 1 saturated carbocycles. The topological polar surface area (TPSA) is 51.8 Å². The third kappa shape index (κ3) is 1.92. The molecule has 0 saturated heterocycles. The lowest BCUT2D eigenvalue weighted by molar-refractivity contribution is 0.265. The predicted molar refractivity (Wildman–Crippen MR) is 68.8 cm³/mol. The molecule has 1 aromatic rings. The van der Waals surface area contributed by atoms with E-state index in [0.717, 1.165) is 6.42 Å². The molecule has 0 amide bonds. The largest absolute Gasteiger partial charge is 0.368 e. The van der Waals surface area contributed by atoms with Gasteiger partial charge in [0.2, 0.25) is 5.95 Å². The van der Waals surface area contributed by atoms with Crippen LogP contribution in [0.15, 0.2) is 6.20 Å². The number of rotatable bonds is 0. The highest BCUT2D eigenvalue weighted by atomic mass is 15.0. The lowest BCUT2D eigenvalue weighted by Crippen LogP contribution is -2.31. The van der Waals surface area contributed by atoms with Gasteiger partial charge in [-0.25, -0.2) is 9.97 Å². The van der Waals surface area contributed by atoms with Crippen molar-refractivity contribution in [1.82, 2.24) is 9.97 Å². The summed E-state index contributed by atoms with van der Waals surface area (Å²) in [6.45, 7) is 0. The van der Waals surface area contributed by atoms with Crippen LogP contribution in [0, 0.1) is 0 Å². The van der Waals surface area contributed by atoms with Gasteiger partial charge in [0.25, 0.3) is 0 Å². The molecule has 3 nitrogen and oxygen atoms in total. The third-order valence-corrected chi connectivity index (χ3v) is 4.55. The van der Waals surface area contributed by atoms with Crippen molar-refractivity contribution in [3.63, 3.8) is 0 Å². The van der Waals surface area contributed by atoms with Crippen LogP contribution in [0.4, 0.5) is 5.95 Å². The predicted octanol–water partition coefficient (Wildman–Crippen LogP) is 2.99. The Hall–Kier alpha value is -1.12. The van der Waals surface area contributed by atoms with Gasteiger partial charge in [-0.05, 0) is 37.7 Å². The van der Waals surface area contributed by atoms with Gasteiger partial charge in [-0.1, -0.05) is 25.7 Å². The summed E-state index contributed by atoms with van der Waals surface area (Å²) in [5.74, 6) is 0.454. The number of hydrogen-bond donors (Lipinski definition) is 1. The molecule has 0 atom stereocenters. The molecule has 0 aliphatic heterocycles. The van der Waals surface area contributed by atoms with Crippen molar-refractivity contribution in [2.24, 2.45) is 0 Å². The second-order valence-corrected chi connectivity index (χ2v) is 5.65. The first-order valence-corrected chi connectivity index (χ1v) is 6.92. The van der Waals surface area contributed by atoms with Crippen LogP contribution in [0.2, 0.25) is 0 Å². The fourth-order valence-electron chi connectivity index (χ4n) is 3.68. The fraction of sp³-hybridized carbons (Fsp3) is 0.714. The van der Waals surface area contributed by atoms with Gasteiger partial charge in [0, 0.05) is 11.6 Å². The summed E-state index contributed by atoms with van der Waals surface area (Å²) in [6, 6.07) is 0. The van der Waals surface area contributed by atoms with Crippen LogP contribution >= 0.6 is 0 Å². The molecule has 2 N–H and O–H groups in total. The Morgan fingerprint density at radius 2 is 1.71 bits per heavy atom. The molecule has 92 valence electrons. The van der Waals surface area contributed by atoms with E-state index < -0.39 is 0 Å². The lowest BCUT2D eigenvalue weighted by atomic mass is 9.69. The van der Waals surface area contributed by atoms with E-state index in [1.54, 1.807) is 0 Å². The van der Waals surface area contributed by atoms with Gasteiger partial charge >= 0.3 is 0 Å². The number of aryl methyl sites for hydroxylation is 1. The zero-order valence-corrected chi connectivity index (χ0v) is 10.4. The van der Waals surface area contributed by atoms with Crippen molar-refractivity contribution in [3.05, 3.63) is 17.5 Å². The first-order valence-electron chi connectivity index (χ1n) is 6.92. The molecule has 1 fully saturated rings. The minimum Gasteiger partial charge on any atom is -0.368 e. The Morgan fingerprint density at radius 3 is 2.47 bits per heavy atom. The molecule has 2 aliphatic carbocycles. The van der Waals surface area contributed by atoms with Crippen molar-refractivity contribution in [1.29, 1.82) is 0 Å². The normalized spacial score (nSPS) is 23.1. The summed E-state index contributed by atoms with van der Waals surface area (Å²) < 4.78 is 0. The van der Waals surface area contributed by atoms with Crippen molar-refractivity contribution in [2.45, 2.75) is 63.2 Å². The smallest absolute Gasteiger partial charge is 0.220 e. The molecule has 3 rings (SSSR count). The molecule has 3 heteroatoms. The molecule has 1 spiro atoms. The monoisotopic (exact) mass is 231 g/mol. The van der Waals surface area contributed by atoms with Crippen LogP contribution in [-0.2, 0) is 11.8 Å². The second-order valence-electron chi connectivity index (χ2n) is 5.65. The van der Waals surface area contributed by atoms with E-state index in [0.29, 0.717) is 11.4 Å². The van der Waals surface area contributed by atoms with Crippen LogP contribution in [-0.4, -0.2) is 9.97 Å². The maximum absolute atomic E-state index is 5.80. The van der Waals surface area contributed by atoms with Gasteiger partial charge in [0.1, 0.15) is 0 Å². The van der Waals surface area contributed by atoms with Crippen LogP contribution in [0.3, 0.4) is 0 Å². The SMILES string of the molecule is Nc1ncc2c(n1)C1(CCCCC1)CCCC2. The minimum atomic E-state index is 0.334. The average Bonchev–Trinajstić information content (AvgIpc) is 2.52. The highest BCUT2D eigenvalue weighted by Gasteiger charge is 2.37. The molecule has 17 heavy (non-hydrogen) atoms. The van der Waals surface area contributed by atoms with E-state index in [2.05, 4.69) is 9.97 Å².